The zero-order valence-corrected chi connectivity index (χ0v) is 11.5. The van der Waals surface area contributed by atoms with Gasteiger partial charge in [-0.2, -0.15) is 5.10 Å². The minimum atomic E-state index is 0.454. The second-order valence-corrected chi connectivity index (χ2v) is 5.30. The molecule has 4 nitrogen and oxygen atoms in total. The van der Waals surface area contributed by atoms with Gasteiger partial charge < -0.3 is 10.1 Å². The van der Waals surface area contributed by atoms with Crippen LogP contribution in [0.2, 0.25) is 0 Å². The van der Waals surface area contributed by atoms with Crippen LogP contribution in [-0.2, 0) is 11.3 Å². The lowest BCUT2D eigenvalue weighted by molar-refractivity contribution is -0.00501. The molecule has 3 unspecified atom stereocenters. The minimum absolute atomic E-state index is 0.454. The van der Waals surface area contributed by atoms with E-state index in [0.717, 1.165) is 26.0 Å². The van der Waals surface area contributed by atoms with E-state index in [0.29, 0.717) is 18.2 Å². The van der Waals surface area contributed by atoms with E-state index in [1.54, 1.807) is 0 Å². The van der Waals surface area contributed by atoms with E-state index in [2.05, 4.69) is 24.3 Å². The summed E-state index contributed by atoms with van der Waals surface area (Å²) in [4.78, 5) is 0. The van der Waals surface area contributed by atoms with Crippen LogP contribution in [0.3, 0.4) is 0 Å². The Morgan fingerprint density at radius 2 is 2.44 bits per heavy atom. The number of nitrogens with one attached hydrogen (secondary N) is 1. The van der Waals surface area contributed by atoms with Crippen molar-refractivity contribution in [3.8, 4) is 0 Å². The molecule has 0 radical (unpaired) electrons. The van der Waals surface area contributed by atoms with Gasteiger partial charge in [-0.05, 0) is 32.3 Å². The molecule has 1 aromatic heterocycles. The first kappa shape index (κ1) is 13.6. The number of ether oxygens (including phenoxy) is 1. The van der Waals surface area contributed by atoms with Gasteiger partial charge in [0.1, 0.15) is 0 Å². The standard InChI is InChI=1S/C14H25N3O/c1-3-5-14-10-13(6-9-18-14)16-12(2)11-17-8-4-7-15-17/h4,7-8,12-14,16H,3,5-6,9-11H2,1-2H3. The van der Waals surface area contributed by atoms with Crippen LogP contribution in [0.1, 0.15) is 39.5 Å². The third-order valence-electron chi connectivity index (χ3n) is 3.52. The molecule has 18 heavy (non-hydrogen) atoms. The zero-order chi connectivity index (χ0) is 12.8. The first-order valence-electron chi connectivity index (χ1n) is 7.13. The van der Waals surface area contributed by atoms with Gasteiger partial charge in [0.25, 0.3) is 0 Å². The molecule has 1 N–H and O–H groups in total. The third kappa shape index (κ3) is 4.10. The molecule has 102 valence electrons. The van der Waals surface area contributed by atoms with Crippen molar-refractivity contribution in [1.29, 1.82) is 0 Å². The molecule has 2 rings (SSSR count). The van der Waals surface area contributed by atoms with Crippen LogP contribution >= 0.6 is 0 Å². The number of aromatic nitrogens is 2. The Hall–Kier alpha value is -0.870. The van der Waals surface area contributed by atoms with E-state index in [9.17, 15) is 0 Å². The van der Waals surface area contributed by atoms with Crippen LogP contribution in [0.25, 0.3) is 0 Å². The Bertz CT molecular complexity index is 324. The minimum Gasteiger partial charge on any atom is -0.378 e. The van der Waals surface area contributed by atoms with Gasteiger partial charge in [-0.3, -0.25) is 4.68 Å². The number of hydrogen-bond acceptors (Lipinski definition) is 3. The second-order valence-electron chi connectivity index (χ2n) is 5.30. The summed E-state index contributed by atoms with van der Waals surface area (Å²) in [5.74, 6) is 0. The highest BCUT2D eigenvalue weighted by atomic mass is 16.5. The summed E-state index contributed by atoms with van der Waals surface area (Å²) in [5.41, 5.74) is 0. The van der Waals surface area contributed by atoms with Crippen molar-refractivity contribution in [2.45, 2.75) is 64.3 Å². The van der Waals surface area contributed by atoms with E-state index >= 15 is 0 Å². The van der Waals surface area contributed by atoms with Crippen molar-refractivity contribution in [1.82, 2.24) is 15.1 Å². The Labute approximate surface area is 110 Å². The normalized spacial score (nSPS) is 26.1. The molecule has 1 aliphatic rings. The van der Waals surface area contributed by atoms with Gasteiger partial charge in [0.2, 0.25) is 0 Å². The predicted octanol–water partition coefficient (Wildman–Crippen LogP) is 2.21. The lowest BCUT2D eigenvalue weighted by Gasteiger charge is -2.32. The maximum Gasteiger partial charge on any atom is 0.0589 e. The summed E-state index contributed by atoms with van der Waals surface area (Å²) in [6.07, 6.45) is 8.98. The summed E-state index contributed by atoms with van der Waals surface area (Å²) < 4.78 is 7.77. The molecule has 0 bridgehead atoms. The Morgan fingerprint density at radius 3 is 3.17 bits per heavy atom. The van der Waals surface area contributed by atoms with Gasteiger partial charge in [0, 0.05) is 31.1 Å². The van der Waals surface area contributed by atoms with E-state index < -0.39 is 0 Å². The fourth-order valence-corrected chi connectivity index (χ4v) is 2.70. The van der Waals surface area contributed by atoms with Crippen molar-refractivity contribution in [2.75, 3.05) is 6.61 Å². The molecule has 3 atom stereocenters. The van der Waals surface area contributed by atoms with Gasteiger partial charge in [-0.15, -0.1) is 0 Å². The lowest BCUT2D eigenvalue weighted by Crippen LogP contribution is -2.44. The van der Waals surface area contributed by atoms with Crippen LogP contribution in [0, 0.1) is 0 Å². The molecular weight excluding hydrogens is 226 g/mol. The Morgan fingerprint density at radius 1 is 1.56 bits per heavy atom. The molecule has 0 saturated carbocycles. The maximum atomic E-state index is 5.78. The van der Waals surface area contributed by atoms with Crippen LogP contribution in [0.5, 0.6) is 0 Å². The molecule has 0 amide bonds. The molecular formula is C14H25N3O. The Kier molecular flexibility index (Phi) is 5.20. The highest BCUT2D eigenvalue weighted by Gasteiger charge is 2.22. The maximum absolute atomic E-state index is 5.78. The van der Waals surface area contributed by atoms with Crippen molar-refractivity contribution < 1.29 is 4.74 Å². The topological polar surface area (TPSA) is 39.1 Å². The highest BCUT2D eigenvalue weighted by Crippen LogP contribution is 2.18. The third-order valence-corrected chi connectivity index (χ3v) is 3.52. The summed E-state index contributed by atoms with van der Waals surface area (Å²) in [7, 11) is 0. The molecule has 0 aliphatic carbocycles. The van der Waals surface area contributed by atoms with Crippen LogP contribution in [0.15, 0.2) is 18.5 Å². The summed E-state index contributed by atoms with van der Waals surface area (Å²) >= 11 is 0. The predicted molar refractivity (Wildman–Crippen MR) is 72.5 cm³/mol. The number of nitrogens with zero attached hydrogens (tertiary/aromatic N) is 2. The molecule has 1 saturated heterocycles. The Balaban J connectivity index is 1.74. The average molecular weight is 251 g/mol. The average Bonchev–Trinajstić information content (AvgIpc) is 2.82. The largest absolute Gasteiger partial charge is 0.378 e. The van der Waals surface area contributed by atoms with Gasteiger partial charge in [0.05, 0.1) is 12.6 Å². The highest BCUT2D eigenvalue weighted by molar-refractivity contribution is 4.82. The molecule has 4 heteroatoms. The van der Waals surface area contributed by atoms with E-state index in [-0.39, 0.29) is 0 Å². The van der Waals surface area contributed by atoms with Crippen molar-refractivity contribution in [3.05, 3.63) is 18.5 Å². The first-order valence-corrected chi connectivity index (χ1v) is 7.13. The SMILES string of the molecule is CCCC1CC(NC(C)Cn2cccn2)CCO1. The smallest absolute Gasteiger partial charge is 0.0589 e. The monoisotopic (exact) mass is 251 g/mol. The molecule has 0 aromatic carbocycles. The van der Waals surface area contributed by atoms with E-state index in [4.69, 9.17) is 4.74 Å². The second kappa shape index (κ2) is 6.90. The van der Waals surface area contributed by atoms with Gasteiger partial charge in [0.15, 0.2) is 0 Å². The van der Waals surface area contributed by atoms with Gasteiger partial charge in [-0.1, -0.05) is 13.3 Å². The first-order chi connectivity index (χ1) is 8.78. The molecule has 0 spiro atoms. The zero-order valence-electron chi connectivity index (χ0n) is 11.5. The summed E-state index contributed by atoms with van der Waals surface area (Å²) in [5, 5.41) is 7.95. The fourth-order valence-electron chi connectivity index (χ4n) is 2.70. The van der Waals surface area contributed by atoms with Crippen molar-refractivity contribution >= 4 is 0 Å². The summed E-state index contributed by atoms with van der Waals surface area (Å²) in [6, 6.07) is 3.02. The molecule has 1 fully saturated rings. The quantitative estimate of drug-likeness (QED) is 0.842. The fraction of sp³-hybridized carbons (Fsp3) is 0.786. The van der Waals surface area contributed by atoms with Crippen LogP contribution in [-0.4, -0.2) is 34.6 Å². The number of rotatable bonds is 6. The summed E-state index contributed by atoms with van der Waals surface area (Å²) in [6.45, 7) is 6.28. The van der Waals surface area contributed by atoms with Crippen molar-refractivity contribution in [3.63, 3.8) is 0 Å². The molecule has 1 aromatic rings. The number of hydrogen-bond donors (Lipinski definition) is 1. The van der Waals surface area contributed by atoms with Crippen LogP contribution < -0.4 is 5.32 Å². The lowest BCUT2D eigenvalue weighted by atomic mass is 9.99. The molecule has 2 heterocycles. The van der Waals surface area contributed by atoms with E-state index in [1.165, 1.54) is 12.8 Å². The van der Waals surface area contributed by atoms with Crippen LogP contribution in [0.4, 0.5) is 0 Å². The van der Waals surface area contributed by atoms with Gasteiger partial charge >= 0.3 is 0 Å². The van der Waals surface area contributed by atoms with E-state index in [1.807, 2.05) is 23.1 Å². The van der Waals surface area contributed by atoms with Crippen molar-refractivity contribution in [2.24, 2.45) is 0 Å². The molecule has 1 aliphatic heterocycles. The van der Waals surface area contributed by atoms with Gasteiger partial charge in [-0.25, -0.2) is 0 Å².